The maximum atomic E-state index is 12.9. The highest BCUT2D eigenvalue weighted by Gasteiger charge is 2.08. The van der Waals surface area contributed by atoms with Gasteiger partial charge in [0.2, 0.25) is 0 Å². The number of aryl methyl sites for hydroxylation is 1. The summed E-state index contributed by atoms with van der Waals surface area (Å²) in [4.78, 5) is -0.162. The van der Waals surface area contributed by atoms with Crippen LogP contribution in [0.1, 0.15) is 5.56 Å². The first-order valence-corrected chi connectivity index (χ1v) is 4.09. The summed E-state index contributed by atoms with van der Waals surface area (Å²) in [7, 11) is 0. The first-order valence-electron chi connectivity index (χ1n) is 2.99. The van der Waals surface area contributed by atoms with Crippen LogP contribution in [0.5, 0.6) is 0 Å². The van der Waals surface area contributed by atoms with Gasteiger partial charge in [-0.3, -0.25) is 0 Å². The van der Waals surface area contributed by atoms with E-state index in [1.165, 1.54) is 6.07 Å². The summed E-state index contributed by atoms with van der Waals surface area (Å²) in [6.45, 7) is 1.55. The standard InChI is InChI=1S/C7H7FO2S/c1-5-3-2-4-6(7(5)8)11(9)10/h2-4H,1H3,(H,9,10). The van der Waals surface area contributed by atoms with E-state index in [4.69, 9.17) is 4.55 Å². The van der Waals surface area contributed by atoms with Crippen LogP contribution in [0.4, 0.5) is 4.39 Å². The van der Waals surface area contributed by atoms with Crippen LogP contribution in [0.2, 0.25) is 0 Å². The highest BCUT2D eigenvalue weighted by atomic mass is 32.2. The average molecular weight is 174 g/mol. The van der Waals surface area contributed by atoms with E-state index in [9.17, 15) is 8.60 Å². The molecule has 0 spiro atoms. The SMILES string of the molecule is Cc1cccc(S(=O)O)c1F. The van der Waals surface area contributed by atoms with Crippen molar-refractivity contribution in [3.8, 4) is 0 Å². The molecule has 60 valence electrons. The lowest BCUT2D eigenvalue weighted by molar-refractivity contribution is 0.541. The molecule has 0 aliphatic heterocycles. The van der Waals surface area contributed by atoms with Gasteiger partial charge in [-0.2, -0.15) is 0 Å². The van der Waals surface area contributed by atoms with Crippen LogP contribution in [-0.2, 0) is 11.1 Å². The van der Waals surface area contributed by atoms with E-state index in [0.29, 0.717) is 5.56 Å². The number of halogens is 1. The van der Waals surface area contributed by atoms with Crippen LogP contribution >= 0.6 is 0 Å². The highest BCUT2D eigenvalue weighted by molar-refractivity contribution is 7.79. The van der Waals surface area contributed by atoms with E-state index in [1.54, 1.807) is 19.1 Å². The molecule has 0 saturated heterocycles. The first kappa shape index (κ1) is 8.36. The number of rotatable bonds is 1. The van der Waals surface area contributed by atoms with E-state index < -0.39 is 16.9 Å². The molecule has 0 aliphatic carbocycles. The molecule has 1 aromatic carbocycles. The zero-order chi connectivity index (χ0) is 8.43. The van der Waals surface area contributed by atoms with Gasteiger partial charge < -0.3 is 4.55 Å². The third kappa shape index (κ3) is 1.64. The van der Waals surface area contributed by atoms with Gasteiger partial charge >= 0.3 is 0 Å². The fourth-order valence-corrected chi connectivity index (χ4v) is 1.26. The van der Waals surface area contributed by atoms with Gasteiger partial charge in [0.15, 0.2) is 11.1 Å². The molecule has 0 amide bonds. The maximum Gasteiger partial charge on any atom is 0.189 e. The Hall–Kier alpha value is -0.740. The Kier molecular flexibility index (Phi) is 2.36. The Balaban J connectivity index is 3.27. The zero-order valence-electron chi connectivity index (χ0n) is 5.87. The van der Waals surface area contributed by atoms with Crippen LogP contribution in [0.3, 0.4) is 0 Å². The summed E-state index contributed by atoms with van der Waals surface area (Å²) >= 11 is -2.23. The molecule has 1 unspecified atom stereocenters. The minimum Gasteiger partial charge on any atom is -0.302 e. The molecule has 0 heterocycles. The second-order valence-electron chi connectivity index (χ2n) is 2.14. The van der Waals surface area contributed by atoms with Crippen LogP contribution < -0.4 is 0 Å². The van der Waals surface area contributed by atoms with Crippen molar-refractivity contribution in [2.45, 2.75) is 11.8 Å². The highest BCUT2D eigenvalue weighted by Crippen LogP contribution is 2.13. The van der Waals surface area contributed by atoms with Crippen molar-refractivity contribution in [1.82, 2.24) is 0 Å². The lowest BCUT2D eigenvalue weighted by Crippen LogP contribution is -1.94. The molecule has 1 rings (SSSR count). The summed E-state index contributed by atoms with van der Waals surface area (Å²) in [6, 6.07) is 4.38. The third-order valence-corrected chi connectivity index (χ3v) is 2.04. The molecular formula is C7H7FO2S. The van der Waals surface area contributed by atoms with Gasteiger partial charge in [0.25, 0.3) is 0 Å². The van der Waals surface area contributed by atoms with Crippen molar-refractivity contribution in [3.05, 3.63) is 29.6 Å². The minimum absolute atomic E-state index is 0.162. The fourth-order valence-electron chi connectivity index (χ4n) is 0.755. The van der Waals surface area contributed by atoms with Crippen molar-refractivity contribution in [3.63, 3.8) is 0 Å². The molecule has 0 aliphatic rings. The second-order valence-corrected chi connectivity index (χ2v) is 3.07. The van der Waals surface area contributed by atoms with Gasteiger partial charge in [0.05, 0.1) is 0 Å². The summed E-state index contributed by atoms with van der Waals surface area (Å²) < 4.78 is 31.9. The minimum atomic E-state index is -2.23. The Bertz CT molecular complexity index is 298. The van der Waals surface area contributed by atoms with E-state index in [-0.39, 0.29) is 4.90 Å². The van der Waals surface area contributed by atoms with Gasteiger partial charge in [-0.05, 0) is 18.6 Å². The van der Waals surface area contributed by atoms with Crippen LogP contribution in [-0.4, -0.2) is 8.76 Å². The number of benzene rings is 1. The van der Waals surface area contributed by atoms with Crippen LogP contribution in [0.25, 0.3) is 0 Å². The Morgan fingerprint density at radius 1 is 1.55 bits per heavy atom. The summed E-state index contributed by atoms with van der Waals surface area (Å²) in [5.74, 6) is -0.603. The number of hydrogen-bond acceptors (Lipinski definition) is 1. The third-order valence-electron chi connectivity index (χ3n) is 1.34. The van der Waals surface area contributed by atoms with Crippen LogP contribution in [0.15, 0.2) is 23.1 Å². The second kappa shape index (κ2) is 3.11. The van der Waals surface area contributed by atoms with E-state index in [2.05, 4.69) is 0 Å². The van der Waals surface area contributed by atoms with Crippen molar-refractivity contribution in [2.75, 3.05) is 0 Å². The van der Waals surface area contributed by atoms with Gasteiger partial charge in [-0.15, -0.1) is 0 Å². The summed E-state index contributed by atoms with van der Waals surface area (Å²) in [5.41, 5.74) is 0.380. The average Bonchev–Trinajstić information content (AvgIpc) is 1.94. The molecule has 1 N–H and O–H groups in total. The van der Waals surface area contributed by atoms with Crippen LogP contribution in [0, 0.1) is 12.7 Å². The van der Waals surface area contributed by atoms with E-state index in [1.807, 2.05) is 0 Å². The largest absolute Gasteiger partial charge is 0.302 e. The monoisotopic (exact) mass is 174 g/mol. The Morgan fingerprint density at radius 2 is 2.18 bits per heavy atom. The fraction of sp³-hybridized carbons (Fsp3) is 0.143. The normalized spacial score (nSPS) is 13.0. The van der Waals surface area contributed by atoms with E-state index >= 15 is 0 Å². The molecule has 0 radical (unpaired) electrons. The predicted molar refractivity (Wildman–Crippen MR) is 40.2 cm³/mol. The lowest BCUT2D eigenvalue weighted by Gasteiger charge is -1.99. The molecule has 1 aromatic rings. The maximum absolute atomic E-state index is 12.9. The lowest BCUT2D eigenvalue weighted by atomic mass is 10.2. The molecule has 11 heavy (non-hydrogen) atoms. The van der Waals surface area contributed by atoms with Gasteiger partial charge in [-0.25, -0.2) is 8.60 Å². The smallest absolute Gasteiger partial charge is 0.189 e. The Morgan fingerprint density at radius 3 is 2.64 bits per heavy atom. The predicted octanol–water partition coefficient (Wildman–Crippen LogP) is 1.71. The van der Waals surface area contributed by atoms with Gasteiger partial charge in [-0.1, -0.05) is 12.1 Å². The molecular weight excluding hydrogens is 167 g/mol. The summed E-state index contributed by atoms with van der Waals surface area (Å²) in [6.07, 6.45) is 0. The Labute approximate surface area is 66.3 Å². The molecule has 2 nitrogen and oxygen atoms in total. The van der Waals surface area contributed by atoms with Crippen molar-refractivity contribution >= 4 is 11.1 Å². The molecule has 0 bridgehead atoms. The van der Waals surface area contributed by atoms with Gasteiger partial charge in [0.1, 0.15) is 10.7 Å². The quantitative estimate of drug-likeness (QED) is 0.658. The molecule has 0 saturated carbocycles. The molecule has 0 aromatic heterocycles. The first-order chi connectivity index (χ1) is 5.13. The molecule has 0 fully saturated rings. The van der Waals surface area contributed by atoms with Gasteiger partial charge in [0, 0.05) is 0 Å². The zero-order valence-corrected chi connectivity index (χ0v) is 6.69. The van der Waals surface area contributed by atoms with Crippen molar-refractivity contribution in [2.24, 2.45) is 0 Å². The summed E-state index contributed by atoms with van der Waals surface area (Å²) in [5, 5.41) is 0. The van der Waals surface area contributed by atoms with Crippen molar-refractivity contribution < 1.29 is 13.2 Å². The molecule has 4 heteroatoms. The molecule has 1 atom stereocenters. The number of hydrogen-bond donors (Lipinski definition) is 1. The van der Waals surface area contributed by atoms with Crippen molar-refractivity contribution in [1.29, 1.82) is 0 Å². The van der Waals surface area contributed by atoms with E-state index in [0.717, 1.165) is 0 Å². The topological polar surface area (TPSA) is 37.3 Å².